The lowest BCUT2D eigenvalue weighted by Crippen LogP contribution is -2.27. The average molecular weight is 498 g/mol. The number of benzene rings is 1. The van der Waals surface area contributed by atoms with Crippen molar-refractivity contribution in [3.63, 3.8) is 0 Å². The molecule has 1 N–H and O–H groups in total. The van der Waals surface area contributed by atoms with Crippen molar-refractivity contribution < 1.29 is 32.2 Å². The summed E-state index contributed by atoms with van der Waals surface area (Å²) in [5.74, 6) is -4.37. The molecule has 34 heavy (non-hydrogen) atoms. The van der Waals surface area contributed by atoms with Crippen molar-refractivity contribution in [2.45, 2.75) is 33.3 Å². The number of fused-ring (bicyclic) bond motifs is 1. The van der Waals surface area contributed by atoms with Crippen LogP contribution in [0.5, 0.6) is 0 Å². The van der Waals surface area contributed by atoms with E-state index in [1.165, 1.54) is 6.92 Å². The minimum atomic E-state index is -1.14. The molecule has 0 unspecified atom stereocenters. The van der Waals surface area contributed by atoms with E-state index in [9.17, 15) is 27.6 Å². The molecule has 0 saturated carbocycles. The first-order chi connectivity index (χ1) is 15.8. The average Bonchev–Trinajstić information content (AvgIpc) is 2.71. The molecule has 12 heteroatoms. The summed E-state index contributed by atoms with van der Waals surface area (Å²) >= 11 is 5.76. The lowest BCUT2D eigenvalue weighted by molar-refractivity contribution is 0.0523. The van der Waals surface area contributed by atoms with Crippen LogP contribution in [0.15, 0.2) is 29.2 Å². The first-order valence-electron chi connectivity index (χ1n) is 9.90. The van der Waals surface area contributed by atoms with Crippen LogP contribution >= 0.6 is 11.6 Å². The summed E-state index contributed by atoms with van der Waals surface area (Å²) in [5, 5.41) is 1.14. The van der Waals surface area contributed by atoms with Crippen LogP contribution in [0.4, 0.5) is 23.7 Å². The number of hydrogen-bond acceptors (Lipinski definition) is 6. The van der Waals surface area contributed by atoms with E-state index in [0.29, 0.717) is 6.07 Å². The molecule has 0 saturated heterocycles. The third kappa shape index (κ3) is 5.14. The van der Waals surface area contributed by atoms with Crippen LogP contribution in [0.2, 0.25) is 5.15 Å². The van der Waals surface area contributed by atoms with Gasteiger partial charge in [0.2, 0.25) is 5.43 Å². The number of carbonyl (C=O) groups is 2. The van der Waals surface area contributed by atoms with Gasteiger partial charge in [-0.15, -0.1) is 0 Å². The molecule has 180 valence electrons. The predicted octanol–water partition coefficient (Wildman–Crippen LogP) is 4.98. The van der Waals surface area contributed by atoms with Gasteiger partial charge in [-0.25, -0.2) is 27.7 Å². The summed E-state index contributed by atoms with van der Waals surface area (Å²) in [6.45, 7) is 6.22. The van der Waals surface area contributed by atoms with Gasteiger partial charge in [0, 0.05) is 12.3 Å². The molecule has 0 atom stereocenters. The Kier molecular flexibility index (Phi) is 6.87. The summed E-state index contributed by atoms with van der Waals surface area (Å²) in [6.07, 6.45) is -0.0959. The highest BCUT2D eigenvalue weighted by Gasteiger charge is 2.23. The first kappa shape index (κ1) is 25.0. The van der Waals surface area contributed by atoms with E-state index in [2.05, 4.69) is 10.3 Å². The SMILES string of the molecule is CCOC(=O)c1cn(-c2cc(NC(=O)OC(C)(C)C)c(F)cc2F)c2nc(Cl)c(F)cc2c1=O. The number of amides is 1. The normalized spacial score (nSPS) is 11.4. The van der Waals surface area contributed by atoms with Crippen LogP contribution in [0.25, 0.3) is 16.7 Å². The summed E-state index contributed by atoms with van der Waals surface area (Å²) in [4.78, 5) is 41.0. The number of nitrogens with one attached hydrogen (secondary N) is 1. The lowest BCUT2D eigenvalue weighted by atomic mass is 10.1. The van der Waals surface area contributed by atoms with Gasteiger partial charge < -0.3 is 9.47 Å². The Morgan fingerprint density at radius 2 is 1.79 bits per heavy atom. The maximum atomic E-state index is 14.9. The van der Waals surface area contributed by atoms with E-state index in [1.807, 2.05) is 0 Å². The standard InChI is InChI=1S/C22H19ClF3N3O5/c1-5-33-20(31)11-9-29(19-10(17(11)30)6-14(26)18(23)28-19)16-8-15(12(24)7-13(16)25)27-21(32)34-22(2,3)4/h6-9H,5H2,1-4H3,(H,27,32). The maximum Gasteiger partial charge on any atom is 0.412 e. The van der Waals surface area contributed by atoms with Gasteiger partial charge in [-0.2, -0.15) is 0 Å². The second kappa shape index (κ2) is 9.34. The quantitative estimate of drug-likeness (QED) is 0.403. The molecule has 1 aromatic carbocycles. The van der Waals surface area contributed by atoms with Crippen molar-refractivity contribution >= 4 is 40.4 Å². The summed E-state index contributed by atoms with van der Waals surface area (Å²) in [7, 11) is 0. The van der Waals surface area contributed by atoms with E-state index in [1.54, 1.807) is 20.8 Å². The highest BCUT2D eigenvalue weighted by molar-refractivity contribution is 6.29. The van der Waals surface area contributed by atoms with Crippen LogP contribution in [0, 0.1) is 17.5 Å². The van der Waals surface area contributed by atoms with Crippen LogP contribution in [-0.4, -0.2) is 33.8 Å². The Bertz CT molecular complexity index is 1370. The third-order valence-corrected chi connectivity index (χ3v) is 4.58. The number of ether oxygens (including phenoxy) is 2. The molecular formula is C22H19ClF3N3O5. The third-order valence-electron chi connectivity index (χ3n) is 4.32. The Hall–Kier alpha value is -3.60. The highest BCUT2D eigenvalue weighted by Crippen LogP contribution is 2.27. The Labute approximate surface area is 196 Å². The Morgan fingerprint density at radius 1 is 1.12 bits per heavy atom. The van der Waals surface area contributed by atoms with E-state index in [4.69, 9.17) is 21.1 Å². The van der Waals surface area contributed by atoms with Gasteiger partial charge in [-0.3, -0.25) is 14.7 Å². The van der Waals surface area contributed by atoms with Gasteiger partial charge in [0.15, 0.2) is 16.6 Å². The van der Waals surface area contributed by atoms with Crippen LogP contribution in [0.1, 0.15) is 38.1 Å². The second-order valence-corrected chi connectivity index (χ2v) is 8.36. The van der Waals surface area contributed by atoms with E-state index in [0.717, 1.165) is 22.9 Å². The van der Waals surface area contributed by atoms with Gasteiger partial charge in [0.05, 0.1) is 23.4 Å². The molecule has 2 heterocycles. The van der Waals surface area contributed by atoms with E-state index in [-0.39, 0.29) is 12.3 Å². The zero-order valence-electron chi connectivity index (χ0n) is 18.5. The largest absolute Gasteiger partial charge is 0.462 e. The van der Waals surface area contributed by atoms with Crippen molar-refractivity contribution in [3.05, 3.63) is 62.8 Å². The summed E-state index contributed by atoms with van der Waals surface area (Å²) in [5.41, 5.74) is -3.59. The molecule has 3 rings (SSSR count). The molecular weight excluding hydrogens is 479 g/mol. The molecule has 0 aliphatic heterocycles. The number of esters is 1. The summed E-state index contributed by atoms with van der Waals surface area (Å²) in [6, 6.07) is 2.11. The zero-order chi connectivity index (χ0) is 25.4. The zero-order valence-corrected chi connectivity index (χ0v) is 19.2. The molecule has 0 fully saturated rings. The van der Waals surface area contributed by atoms with Gasteiger partial charge in [0.1, 0.15) is 22.8 Å². The fourth-order valence-corrected chi connectivity index (χ4v) is 3.11. The first-order valence-corrected chi connectivity index (χ1v) is 10.3. The van der Waals surface area contributed by atoms with Crippen LogP contribution in [0.3, 0.4) is 0 Å². The van der Waals surface area contributed by atoms with Gasteiger partial charge >= 0.3 is 12.1 Å². The number of anilines is 1. The molecule has 0 radical (unpaired) electrons. The topological polar surface area (TPSA) is 99.5 Å². The minimum Gasteiger partial charge on any atom is -0.462 e. The number of pyridine rings is 2. The van der Waals surface area contributed by atoms with Gasteiger partial charge in [-0.05, 0) is 39.8 Å². The molecule has 0 bridgehead atoms. The number of rotatable bonds is 4. The Morgan fingerprint density at radius 3 is 2.41 bits per heavy atom. The molecule has 3 aromatic rings. The van der Waals surface area contributed by atoms with Crippen molar-refractivity contribution in [1.82, 2.24) is 9.55 Å². The van der Waals surface area contributed by atoms with Gasteiger partial charge in [0.25, 0.3) is 0 Å². The van der Waals surface area contributed by atoms with Gasteiger partial charge in [-0.1, -0.05) is 11.6 Å². The second-order valence-electron chi connectivity index (χ2n) is 8.00. The van der Waals surface area contributed by atoms with Crippen molar-refractivity contribution in [1.29, 1.82) is 0 Å². The fourth-order valence-electron chi connectivity index (χ4n) is 2.97. The van der Waals surface area contributed by atoms with Crippen molar-refractivity contribution in [3.8, 4) is 5.69 Å². The molecule has 1 amide bonds. The minimum absolute atomic E-state index is 0.0710. The molecule has 0 spiro atoms. The fraction of sp³-hybridized carbons (Fsp3) is 0.273. The molecule has 0 aliphatic rings. The predicted molar refractivity (Wildman–Crippen MR) is 118 cm³/mol. The number of nitrogens with zero attached hydrogens (tertiary/aromatic N) is 2. The van der Waals surface area contributed by atoms with Crippen molar-refractivity contribution in [2.24, 2.45) is 0 Å². The summed E-state index contributed by atoms with van der Waals surface area (Å²) < 4.78 is 54.2. The van der Waals surface area contributed by atoms with Crippen LogP contribution < -0.4 is 10.7 Å². The lowest BCUT2D eigenvalue weighted by Gasteiger charge is -2.20. The number of hydrogen-bond donors (Lipinski definition) is 1. The smallest absolute Gasteiger partial charge is 0.412 e. The molecule has 0 aliphatic carbocycles. The number of aromatic nitrogens is 2. The highest BCUT2D eigenvalue weighted by atomic mass is 35.5. The maximum absolute atomic E-state index is 14.9. The van der Waals surface area contributed by atoms with E-state index < -0.39 is 68.0 Å². The number of halogens is 4. The monoisotopic (exact) mass is 497 g/mol. The van der Waals surface area contributed by atoms with Crippen LogP contribution in [-0.2, 0) is 9.47 Å². The van der Waals surface area contributed by atoms with Crippen molar-refractivity contribution in [2.75, 3.05) is 11.9 Å². The molecule has 8 nitrogen and oxygen atoms in total. The Balaban J connectivity index is 2.27. The molecule has 2 aromatic heterocycles. The van der Waals surface area contributed by atoms with E-state index >= 15 is 0 Å². The number of carbonyl (C=O) groups excluding carboxylic acids is 2.